The summed E-state index contributed by atoms with van der Waals surface area (Å²) >= 11 is 0. The Hall–Kier alpha value is -7.34. The van der Waals surface area contributed by atoms with Crippen LogP contribution in [0.5, 0.6) is 0 Å². The second-order valence-electron chi connectivity index (χ2n) is 18.0. The van der Waals surface area contributed by atoms with Gasteiger partial charge >= 0.3 is 0 Å². The predicted molar refractivity (Wildman–Crippen MR) is 248 cm³/mol. The van der Waals surface area contributed by atoms with Crippen LogP contribution in [-0.4, -0.2) is 123 Å². The summed E-state index contributed by atoms with van der Waals surface area (Å²) in [5.41, 5.74) is 13.1. The molecule has 3 atom stereocenters. The summed E-state index contributed by atoms with van der Waals surface area (Å²) in [7, 11) is 3.37. The summed E-state index contributed by atoms with van der Waals surface area (Å²) in [6.07, 6.45) is 3.76. The Kier molecular flexibility index (Phi) is 12.0. The van der Waals surface area contributed by atoms with Crippen LogP contribution in [0.4, 0.5) is 0 Å². The molecule has 6 amide bonds. The lowest BCUT2D eigenvalue weighted by molar-refractivity contribution is -0.186. The molecule has 3 N–H and O–H groups in total. The quantitative estimate of drug-likeness (QED) is 0.146. The summed E-state index contributed by atoms with van der Waals surface area (Å²) in [5.74, 6) is -0.994. The molecule has 4 aromatic carbocycles. The molecule has 6 aromatic rings. The van der Waals surface area contributed by atoms with Crippen LogP contribution in [0.2, 0.25) is 0 Å². The molecule has 3 saturated heterocycles. The van der Waals surface area contributed by atoms with E-state index in [1.807, 2.05) is 66.7 Å². The average Bonchev–Trinajstić information content (AvgIpc) is 3.86. The van der Waals surface area contributed by atoms with Crippen molar-refractivity contribution in [3.8, 4) is 0 Å². The minimum absolute atomic E-state index is 0.0116. The van der Waals surface area contributed by atoms with E-state index < -0.39 is 24.3 Å². The number of carbonyl (C=O) groups is 6. The number of para-hydroxylation sites is 2. The second kappa shape index (κ2) is 18.4. The number of hydrogen-bond donors (Lipinski definition) is 3. The third-order valence-electron chi connectivity index (χ3n) is 13.8. The van der Waals surface area contributed by atoms with Gasteiger partial charge in [0, 0.05) is 122 Å². The lowest BCUT2D eigenvalue weighted by Gasteiger charge is -2.42. The average molecular weight is 921 g/mol. The van der Waals surface area contributed by atoms with E-state index in [2.05, 4.69) is 20.7 Å². The minimum Gasteiger partial charge on any atom is -0.350 e. The van der Waals surface area contributed by atoms with Crippen LogP contribution in [0, 0.1) is 0 Å². The van der Waals surface area contributed by atoms with Gasteiger partial charge in [0.1, 0.15) is 12.1 Å². The summed E-state index contributed by atoms with van der Waals surface area (Å²) in [6.45, 7) is 3.10. The van der Waals surface area contributed by atoms with E-state index in [1.165, 1.54) is 9.80 Å². The molecule has 0 aliphatic carbocycles. The Morgan fingerprint density at radius 1 is 0.647 bits per heavy atom. The van der Waals surface area contributed by atoms with E-state index in [-0.39, 0.29) is 42.6 Å². The Bertz CT molecular complexity index is 2970. The third-order valence-corrected chi connectivity index (χ3v) is 13.8. The molecular formula is C51H52N8O9. The zero-order valence-corrected chi connectivity index (χ0v) is 37.9. The van der Waals surface area contributed by atoms with E-state index in [9.17, 15) is 28.8 Å². The van der Waals surface area contributed by atoms with Crippen molar-refractivity contribution in [3.05, 3.63) is 142 Å². The van der Waals surface area contributed by atoms with Crippen molar-refractivity contribution in [2.24, 2.45) is 0 Å². The summed E-state index contributed by atoms with van der Waals surface area (Å²) in [4.78, 5) is 87.6. The van der Waals surface area contributed by atoms with Crippen LogP contribution >= 0.6 is 0 Å². The van der Waals surface area contributed by atoms with Crippen LogP contribution in [0.25, 0.3) is 21.8 Å². The number of amides is 6. The number of hydrogen-bond acceptors (Lipinski definition) is 9. The standard InChI is InChI=1S/C28H30N4O5.C23H22N4O4/c1-30-17-23(33)31-14-13-22-25(26(31)28(30)35)20-6-2-3-7-21(20)32(22)16-18-9-11-19(12-10-18)27(34)29-37-24-8-4-5-15-36-24;1-25-13-19(28)26-11-10-18-20(21(26)23(25)30)16-4-2-3-5-17(16)27(18)12-14-6-8-15(9-7-14)22(29)24-31/h2-3,6-7,9-12,24,26H,4-5,8,13-17H2,1H3,(H,29,34);2-9,21,31H,10-13H2,1H3,(H,24,29). The van der Waals surface area contributed by atoms with E-state index >= 15 is 0 Å². The molecule has 2 aromatic heterocycles. The summed E-state index contributed by atoms with van der Waals surface area (Å²) in [6, 6.07) is 29.3. The van der Waals surface area contributed by atoms with Gasteiger partial charge in [-0.3, -0.25) is 34.0 Å². The smallest absolute Gasteiger partial charge is 0.274 e. The highest BCUT2D eigenvalue weighted by molar-refractivity contribution is 6.02. The number of hydroxylamine groups is 2. The molecule has 3 unspecified atom stereocenters. The molecule has 3 fully saturated rings. The van der Waals surface area contributed by atoms with Gasteiger partial charge in [0.05, 0.1) is 13.1 Å². The highest BCUT2D eigenvalue weighted by Gasteiger charge is 2.46. The van der Waals surface area contributed by atoms with Gasteiger partial charge < -0.3 is 33.5 Å². The molecule has 17 nitrogen and oxygen atoms in total. The van der Waals surface area contributed by atoms with Crippen LogP contribution in [0.15, 0.2) is 97.1 Å². The summed E-state index contributed by atoms with van der Waals surface area (Å²) in [5, 5.41) is 10.8. The fourth-order valence-electron chi connectivity index (χ4n) is 10.4. The van der Waals surface area contributed by atoms with E-state index in [1.54, 1.807) is 53.6 Å². The maximum absolute atomic E-state index is 13.2. The first-order valence-corrected chi connectivity index (χ1v) is 23.0. The first kappa shape index (κ1) is 44.5. The molecule has 0 radical (unpaired) electrons. The molecule has 7 heterocycles. The van der Waals surface area contributed by atoms with Crippen molar-refractivity contribution in [3.63, 3.8) is 0 Å². The van der Waals surface area contributed by atoms with Crippen molar-refractivity contribution in [1.29, 1.82) is 0 Å². The fourth-order valence-corrected chi connectivity index (χ4v) is 10.4. The monoisotopic (exact) mass is 920 g/mol. The molecule has 17 heteroatoms. The summed E-state index contributed by atoms with van der Waals surface area (Å²) < 4.78 is 9.94. The number of nitrogens with zero attached hydrogens (tertiary/aromatic N) is 6. The zero-order chi connectivity index (χ0) is 47.2. The lowest BCUT2D eigenvalue weighted by atomic mass is 9.93. The highest BCUT2D eigenvalue weighted by atomic mass is 16.8. The van der Waals surface area contributed by atoms with Crippen molar-refractivity contribution in [2.45, 2.75) is 63.6 Å². The van der Waals surface area contributed by atoms with Gasteiger partial charge in [-0.05, 0) is 60.4 Å². The van der Waals surface area contributed by atoms with Crippen LogP contribution < -0.4 is 11.0 Å². The lowest BCUT2D eigenvalue weighted by Crippen LogP contribution is -2.56. The number of likely N-dealkylation sites (N-methyl/N-ethyl adjacent to an activating group) is 2. The van der Waals surface area contributed by atoms with Gasteiger partial charge in [-0.15, -0.1) is 0 Å². The number of rotatable bonds is 8. The number of ether oxygens (including phenoxy) is 1. The van der Waals surface area contributed by atoms with Gasteiger partial charge in [0.25, 0.3) is 11.8 Å². The maximum Gasteiger partial charge on any atom is 0.274 e. The first-order chi connectivity index (χ1) is 33.0. The largest absolute Gasteiger partial charge is 0.350 e. The molecule has 5 aliphatic rings. The van der Waals surface area contributed by atoms with Gasteiger partial charge in [-0.2, -0.15) is 0 Å². The number of fused-ring (bicyclic) bond motifs is 10. The Labute approximate surface area is 391 Å². The Morgan fingerprint density at radius 3 is 1.57 bits per heavy atom. The van der Waals surface area contributed by atoms with Crippen molar-refractivity contribution < 1.29 is 43.5 Å². The Balaban J connectivity index is 0.000000161. The van der Waals surface area contributed by atoms with Crippen molar-refractivity contribution in [1.82, 2.24) is 39.7 Å². The van der Waals surface area contributed by atoms with Crippen molar-refractivity contribution in [2.75, 3.05) is 46.9 Å². The van der Waals surface area contributed by atoms with Crippen LogP contribution in [-0.2, 0) is 54.7 Å². The molecule has 68 heavy (non-hydrogen) atoms. The van der Waals surface area contributed by atoms with E-state index in [0.29, 0.717) is 56.8 Å². The number of carbonyl (C=O) groups excluding carboxylic acids is 6. The van der Waals surface area contributed by atoms with E-state index in [0.717, 1.165) is 74.7 Å². The molecule has 5 aliphatic heterocycles. The maximum atomic E-state index is 13.2. The Morgan fingerprint density at radius 2 is 1.12 bits per heavy atom. The molecular weight excluding hydrogens is 869 g/mol. The van der Waals surface area contributed by atoms with E-state index in [4.69, 9.17) is 14.8 Å². The highest BCUT2D eigenvalue weighted by Crippen LogP contribution is 2.42. The van der Waals surface area contributed by atoms with Gasteiger partial charge in [0.15, 0.2) is 6.29 Å². The van der Waals surface area contributed by atoms with Crippen LogP contribution in [0.1, 0.15) is 85.7 Å². The van der Waals surface area contributed by atoms with Crippen LogP contribution in [0.3, 0.4) is 0 Å². The first-order valence-electron chi connectivity index (χ1n) is 23.0. The fraction of sp³-hybridized carbons (Fsp3) is 0.333. The number of aromatic nitrogens is 2. The molecule has 0 bridgehead atoms. The van der Waals surface area contributed by atoms with Gasteiger partial charge in [-0.1, -0.05) is 60.7 Å². The van der Waals surface area contributed by atoms with Crippen molar-refractivity contribution >= 4 is 57.2 Å². The molecule has 11 rings (SSSR count). The minimum atomic E-state index is -0.586. The normalized spacial score (nSPS) is 20.1. The number of piperazine rings is 2. The van der Waals surface area contributed by atoms with Gasteiger partial charge in [-0.25, -0.2) is 15.8 Å². The zero-order valence-electron chi connectivity index (χ0n) is 37.9. The second-order valence-corrected chi connectivity index (χ2v) is 18.0. The number of benzene rings is 4. The van der Waals surface area contributed by atoms with Gasteiger partial charge in [0.2, 0.25) is 23.6 Å². The topological polar surface area (TPSA) is 188 Å². The third kappa shape index (κ3) is 8.05. The molecule has 0 saturated carbocycles. The molecule has 350 valence electrons. The SMILES string of the molecule is CN1CC(=O)N2CCc3c(c4ccccc4n3Cc3ccc(C(=O)NO)cc3)C2C1=O.CN1CC(=O)N2CCc3c(c4ccccc4n3Cc3ccc(C(=O)NOC4CCCCO4)cc3)C2C1=O. The predicted octanol–water partition coefficient (Wildman–Crippen LogP) is 4.48. The number of nitrogens with one attached hydrogen (secondary N) is 2. The molecule has 0 spiro atoms.